The van der Waals surface area contributed by atoms with Crippen molar-refractivity contribution in [1.29, 1.82) is 5.26 Å². The summed E-state index contributed by atoms with van der Waals surface area (Å²) in [5.41, 5.74) is 2.46. The molecule has 4 aromatic rings. The average Bonchev–Trinajstić information content (AvgIpc) is 2.97. The SMILES string of the molecule is N#CC(=Cc1c(N2CCN(Cc3ccccc3)CC2)nc2ccccn2c1=O)C(=O)NCc1ccccc1. The minimum absolute atomic E-state index is 0.139. The summed E-state index contributed by atoms with van der Waals surface area (Å²) >= 11 is 0. The minimum Gasteiger partial charge on any atom is -0.353 e. The Hall–Kier alpha value is -4.74. The molecular formula is C30H28N6O2. The maximum Gasteiger partial charge on any atom is 0.267 e. The topological polar surface area (TPSA) is 93.7 Å². The molecule has 1 aliphatic rings. The first-order chi connectivity index (χ1) is 18.6. The number of fused-ring (bicyclic) bond motifs is 1. The van der Waals surface area contributed by atoms with Crippen LogP contribution < -0.4 is 15.8 Å². The third-order valence-electron chi connectivity index (χ3n) is 6.62. The zero-order chi connectivity index (χ0) is 26.3. The lowest BCUT2D eigenvalue weighted by atomic mass is 10.1. The Morgan fingerprint density at radius 2 is 1.58 bits per heavy atom. The van der Waals surface area contributed by atoms with Gasteiger partial charge in [-0.3, -0.25) is 18.9 Å². The van der Waals surface area contributed by atoms with Gasteiger partial charge in [0.15, 0.2) is 0 Å². The third-order valence-corrected chi connectivity index (χ3v) is 6.62. The predicted octanol–water partition coefficient (Wildman–Crippen LogP) is 3.24. The van der Waals surface area contributed by atoms with E-state index in [0.29, 0.717) is 24.6 Å². The van der Waals surface area contributed by atoms with Crippen molar-refractivity contribution in [2.45, 2.75) is 13.1 Å². The molecule has 1 aliphatic heterocycles. The Morgan fingerprint density at radius 1 is 0.921 bits per heavy atom. The van der Waals surface area contributed by atoms with Gasteiger partial charge in [0.2, 0.25) is 0 Å². The Balaban J connectivity index is 1.42. The lowest BCUT2D eigenvalue weighted by Crippen LogP contribution is -2.47. The van der Waals surface area contributed by atoms with Gasteiger partial charge in [0.05, 0.1) is 5.56 Å². The summed E-state index contributed by atoms with van der Waals surface area (Å²) in [5.74, 6) is -0.0447. The molecule has 2 aromatic heterocycles. The molecule has 190 valence electrons. The van der Waals surface area contributed by atoms with Crippen LogP contribution in [0.4, 0.5) is 5.82 Å². The molecule has 1 amide bonds. The lowest BCUT2D eigenvalue weighted by molar-refractivity contribution is -0.117. The van der Waals surface area contributed by atoms with Crippen molar-refractivity contribution in [2.24, 2.45) is 0 Å². The van der Waals surface area contributed by atoms with E-state index >= 15 is 0 Å². The highest BCUT2D eigenvalue weighted by molar-refractivity contribution is 6.02. The zero-order valence-electron chi connectivity index (χ0n) is 21.0. The molecule has 1 N–H and O–H groups in total. The molecule has 0 radical (unpaired) electrons. The van der Waals surface area contributed by atoms with Crippen LogP contribution in [0.2, 0.25) is 0 Å². The average molecular weight is 505 g/mol. The maximum absolute atomic E-state index is 13.6. The van der Waals surface area contributed by atoms with E-state index in [2.05, 4.69) is 27.2 Å². The van der Waals surface area contributed by atoms with Crippen molar-refractivity contribution >= 4 is 23.4 Å². The summed E-state index contributed by atoms with van der Waals surface area (Å²) in [5, 5.41) is 12.6. The molecule has 3 heterocycles. The molecule has 0 spiro atoms. The number of nitriles is 1. The number of benzene rings is 2. The summed E-state index contributed by atoms with van der Waals surface area (Å²) in [6.45, 7) is 4.09. The fourth-order valence-corrected chi connectivity index (χ4v) is 4.58. The van der Waals surface area contributed by atoms with Gasteiger partial charge < -0.3 is 10.2 Å². The summed E-state index contributed by atoms with van der Waals surface area (Å²) in [6, 6.07) is 27.1. The molecule has 38 heavy (non-hydrogen) atoms. The van der Waals surface area contributed by atoms with Gasteiger partial charge in [0.25, 0.3) is 11.5 Å². The smallest absolute Gasteiger partial charge is 0.267 e. The van der Waals surface area contributed by atoms with Gasteiger partial charge in [-0.1, -0.05) is 66.7 Å². The number of hydrogen-bond acceptors (Lipinski definition) is 6. The Kier molecular flexibility index (Phi) is 7.57. The second-order valence-electron chi connectivity index (χ2n) is 9.17. The third kappa shape index (κ3) is 5.64. The highest BCUT2D eigenvalue weighted by atomic mass is 16.1. The van der Waals surface area contributed by atoms with Crippen LogP contribution in [0.3, 0.4) is 0 Å². The summed E-state index contributed by atoms with van der Waals surface area (Å²) in [6.07, 6.45) is 3.02. The van der Waals surface area contributed by atoms with Gasteiger partial charge in [-0.05, 0) is 29.3 Å². The molecule has 8 nitrogen and oxygen atoms in total. The highest BCUT2D eigenvalue weighted by Crippen LogP contribution is 2.21. The fourth-order valence-electron chi connectivity index (χ4n) is 4.58. The lowest BCUT2D eigenvalue weighted by Gasteiger charge is -2.36. The minimum atomic E-state index is -0.535. The molecule has 0 saturated carbocycles. The van der Waals surface area contributed by atoms with E-state index in [1.54, 1.807) is 18.3 Å². The number of carbonyl (C=O) groups excluding carboxylic acids is 1. The van der Waals surface area contributed by atoms with E-state index in [-0.39, 0.29) is 23.2 Å². The van der Waals surface area contributed by atoms with Crippen molar-refractivity contribution in [3.63, 3.8) is 0 Å². The number of rotatable bonds is 7. The summed E-state index contributed by atoms with van der Waals surface area (Å²) in [4.78, 5) is 35.7. The maximum atomic E-state index is 13.6. The van der Waals surface area contributed by atoms with Gasteiger partial charge in [-0.2, -0.15) is 5.26 Å². The first kappa shape index (κ1) is 24.9. The summed E-state index contributed by atoms with van der Waals surface area (Å²) in [7, 11) is 0. The van der Waals surface area contributed by atoms with Crippen LogP contribution in [-0.2, 0) is 17.9 Å². The first-order valence-electron chi connectivity index (χ1n) is 12.6. The second-order valence-corrected chi connectivity index (χ2v) is 9.17. The van der Waals surface area contributed by atoms with Crippen LogP contribution >= 0.6 is 0 Å². The zero-order valence-corrected chi connectivity index (χ0v) is 21.0. The Morgan fingerprint density at radius 3 is 2.26 bits per heavy atom. The number of pyridine rings is 1. The van der Waals surface area contributed by atoms with E-state index < -0.39 is 5.91 Å². The van der Waals surface area contributed by atoms with Gasteiger partial charge in [0, 0.05) is 45.5 Å². The van der Waals surface area contributed by atoms with E-state index in [0.717, 1.165) is 25.2 Å². The molecule has 0 bridgehead atoms. The predicted molar refractivity (Wildman–Crippen MR) is 147 cm³/mol. The van der Waals surface area contributed by atoms with Crippen molar-refractivity contribution in [2.75, 3.05) is 31.1 Å². The number of nitrogens with zero attached hydrogens (tertiary/aromatic N) is 5. The van der Waals surface area contributed by atoms with Crippen LogP contribution in [0.1, 0.15) is 16.7 Å². The summed E-state index contributed by atoms with van der Waals surface area (Å²) < 4.78 is 1.44. The van der Waals surface area contributed by atoms with Crippen LogP contribution in [0, 0.1) is 11.3 Å². The highest BCUT2D eigenvalue weighted by Gasteiger charge is 2.23. The number of aromatic nitrogens is 2. The Labute approximate surface area is 221 Å². The molecule has 0 aliphatic carbocycles. The van der Waals surface area contributed by atoms with Gasteiger partial charge in [-0.25, -0.2) is 4.98 Å². The van der Waals surface area contributed by atoms with Gasteiger partial charge in [0.1, 0.15) is 23.1 Å². The first-order valence-corrected chi connectivity index (χ1v) is 12.6. The van der Waals surface area contributed by atoms with Crippen molar-refractivity contribution in [3.8, 4) is 6.07 Å². The van der Waals surface area contributed by atoms with Gasteiger partial charge >= 0.3 is 0 Å². The normalized spacial score (nSPS) is 14.3. The molecule has 1 saturated heterocycles. The van der Waals surface area contributed by atoms with Crippen molar-refractivity contribution < 1.29 is 4.79 Å². The second kappa shape index (κ2) is 11.5. The molecule has 5 rings (SSSR count). The fraction of sp³-hybridized carbons (Fsp3) is 0.200. The molecular weight excluding hydrogens is 476 g/mol. The molecule has 0 atom stereocenters. The monoisotopic (exact) mass is 504 g/mol. The molecule has 2 aromatic carbocycles. The molecule has 1 fully saturated rings. The van der Waals surface area contributed by atoms with E-state index in [9.17, 15) is 14.9 Å². The largest absolute Gasteiger partial charge is 0.353 e. The van der Waals surface area contributed by atoms with Crippen LogP contribution in [0.15, 0.2) is 95.4 Å². The molecule has 8 heteroatoms. The number of carbonyl (C=O) groups is 1. The van der Waals surface area contributed by atoms with Crippen molar-refractivity contribution in [3.05, 3.63) is 118 Å². The van der Waals surface area contributed by atoms with Crippen molar-refractivity contribution in [1.82, 2.24) is 19.6 Å². The van der Waals surface area contributed by atoms with Crippen LogP contribution in [-0.4, -0.2) is 46.4 Å². The number of anilines is 1. The number of amides is 1. The quantitative estimate of drug-likeness (QED) is 0.307. The number of nitrogens with one attached hydrogen (secondary N) is 1. The number of hydrogen-bond donors (Lipinski definition) is 1. The Bertz CT molecular complexity index is 1550. The van der Waals surface area contributed by atoms with Crippen LogP contribution in [0.5, 0.6) is 0 Å². The standard InChI is InChI=1S/C30H28N6O2/c31-20-25(29(37)32-21-23-9-3-1-4-10-23)19-26-28(33-27-13-7-8-14-36(27)30(26)38)35-17-15-34(16-18-35)22-24-11-5-2-6-12-24/h1-14,19H,15-18,21-22H2,(H,32,37). The molecule has 0 unspecified atom stereocenters. The van der Waals surface area contributed by atoms with E-state index in [1.165, 1.54) is 16.0 Å². The number of piperazine rings is 1. The van der Waals surface area contributed by atoms with E-state index in [4.69, 9.17) is 4.98 Å². The van der Waals surface area contributed by atoms with Crippen LogP contribution in [0.25, 0.3) is 11.7 Å². The van der Waals surface area contributed by atoms with Gasteiger partial charge in [-0.15, -0.1) is 0 Å². The van der Waals surface area contributed by atoms with E-state index in [1.807, 2.05) is 60.7 Å².